The van der Waals surface area contributed by atoms with Crippen LogP contribution in [0.1, 0.15) is 22.3 Å². The fraction of sp³-hybridized carbons (Fsp3) is 0.265. The van der Waals surface area contributed by atoms with Gasteiger partial charge in [-0.25, -0.2) is 4.79 Å². The largest absolute Gasteiger partial charge is 0.455 e. The van der Waals surface area contributed by atoms with Gasteiger partial charge in [0.05, 0.1) is 33.0 Å². The van der Waals surface area contributed by atoms with Crippen molar-refractivity contribution in [3.05, 3.63) is 144 Å². The van der Waals surface area contributed by atoms with Crippen molar-refractivity contribution in [2.75, 3.05) is 6.61 Å². The molecule has 0 amide bonds. The van der Waals surface area contributed by atoms with Crippen molar-refractivity contribution < 1.29 is 28.5 Å². The molecule has 4 aromatic rings. The first kappa shape index (κ1) is 27.7. The van der Waals surface area contributed by atoms with E-state index in [0.29, 0.717) is 19.8 Å². The summed E-state index contributed by atoms with van der Waals surface area (Å²) < 4.78 is 31.0. The number of hydrogen-bond donors (Lipinski definition) is 0. The van der Waals surface area contributed by atoms with Crippen LogP contribution in [-0.2, 0) is 54.9 Å². The smallest absolute Gasteiger partial charge is 0.338 e. The fourth-order valence-electron chi connectivity index (χ4n) is 4.64. The van der Waals surface area contributed by atoms with E-state index < -0.39 is 30.4 Å². The van der Waals surface area contributed by atoms with Gasteiger partial charge in [-0.05, 0) is 22.3 Å². The number of esters is 1. The highest BCUT2D eigenvalue weighted by molar-refractivity contribution is 5.77. The average molecular weight is 539 g/mol. The summed E-state index contributed by atoms with van der Waals surface area (Å²) in [6.07, 6.45) is -2.95. The van der Waals surface area contributed by atoms with E-state index in [0.717, 1.165) is 22.3 Å². The lowest BCUT2D eigenvalue weighted by Crippen LogP contribution is -2.59. The Morgan fingerprint density at radius 2 is 0.900 bits per heavy atom. The molecule has 4 aromatic carbocycles. The molecule has 5 rings (SSSR count). The molecular formula is C34H34O6. The van der Waals surface area contributed by atoms with Crippen LogP contribution in [0.4, 0.5) is 0 Å². The van der Waals surface area contributed by atoms with E-state index in [4.69, 9.17) is 23.7 Å². The summed E-state index contributed by atoms with van der Waals surface area (Å²) in [7, 11) is 0. The molecule has 4 atom stereocenters. The molecule has 1 saturated heterocycles. The van der Waals surface area contributed by atoms with Crippen LogP contribution in [0, 0.1) is 0 Å². The van der Waals surface area contributed by atoms with Crippen LogP contribution in [-0.4, -0.2) is 37.0 Å². The molecule has 0 radical (unpaired) electrons. The average Bonchev–Trinajstić information content (AvgIpc) is 3.01. The first-order chi connectivity index (χ1) is 19.8. The summed E-state index contributed by atoms with van der Waals surface area (Å²) in [5.41, 5.74) is 3.98. The Balaban J connectivity index is 1.36. The van der Waals surface area contributed by atoms with Crippen LogP contribution >= 0.6 is 0 Å². The standard InChI is InChI=1S/C34H34O6/c35-34-33(39-24-29-19-11-4-12-20-29)32(38-23-28-17-9-3-10-18-28)31(37-22-27-15-7-2-8-16-27)30(40-34)25-36-21-26-13-5-1-6-14-26/h1-20,30-33H,21-25H2/t30-,31-,32?,33?/m1/s1. The Kier molecular flexibility index (Phi) is 10.1. The van der Waals surface area contributed by atoms with E-state index in [2.05, 4.69) is 0 Å². The molecule has 0 aromatic heterocycles. The van der Waals surface area contributed by atoms with Gasteiger partial charge in [0.25, 0.3) is 0 Å². The van der Waals surface area contributed by atoms with Crippen molar-refractivity contribution in [3.63, 3.8) is 0 Å². The molecule has 0 spiro atoms. The summed E-state index contributed by atoms with van der Waals surface area (Å²) in [5.74, 6) is -0.484. The zero-order valence-corrected chi connectivity index (χ0v) is 22.3. The Morgan fingerprint density at radius 1 is 0.500 bits per heavy atom. The quantitative estimate of drug-likeness (QED) is 0.198. The van der Waals surface area contributed by atoms with Crippen molar-refractivity contribution in [1.29, 1.82) is 0 Å². The summed E-state index contributed by atoms with van der Waals surface area (Å²) in [6.45, 7) is 1.43. The first-order valence-electron chi connectivity index (χ1n) is 13.5. The van der Waals surface area contributed by atoms with Gasteiger partial charge in [0, 0.05) is 0 Å². The Morgan fingerprint density at radius 3 is 1.38 bits per heavy atom. The third kappa shape index (κ3) is 7.87. The van der Waals surface area contributed by atoms with Gasteiger partial charge in [0.2, 0.25) is 0 Å². The van der Waals surface area contributed by atoms with Crippen molar-refractivity contribution >= 4 is 5.97 Å². The summed E-state index contributed by atoms with van der Waals surface area (Å²) in [5, 5.41) is 0. The maximum atomic E-state index is 13.4. The van der Waals surface area contributed by atoms with Gasteiger partial charge in [0.1, 0.15) is 12.2 Å². The van der Waals surface area contributed by atoms with E-state index in [1.165, 1.54) is 0 Å². The minimum absolute atomic E-state index is 0.163. The third-order valence-electron chi connectivity index (χ3n) is 6.73. The highest BCUT2D eigenvalue weighted by atomic mass is 16.6. The topological polar surface area (TPSA) is 63.2 Å². The number of carbonyl (C=O) groups excluding carboxylic acids is 1. The van der Waals surface area contributed by atoms with Crippen molar-refractivity contribution in [2.24, 2.45) is 0 Å². The lowest BCUT2D eigenvalue weighted by Gasteiger charge is -2.41. The molecule has 2 unspecified atom stereocenters. The predicted molar refractivity (Wildman–Crippen MR) is 151 cm³/mol. The second-order valence-corrected chi connectivity index (χ2v) is 9.72. The maximum Gasteiger partial charge on any atom is 0.338 e. The summed E-state index contributed by atoms with van der Waals surface area (Å²) >= 11 is 0. The van der Waals surface area contributed by atoms with Gasteiger partial charge >= 0.3 is 5.97 Å². The van der Waals surface area contributed by atoms with Crippen molar-refractivity contribution in [2.45, 2.75) is 50.8 Å². The maximum absolute atomic E-state index is 13.4. The summed E-state index contributed by atoms with van der Waals surface area (Å²) in [6, 6.07) is 39.4. The van der Waals surface area contributed by atoms with Gasteiger partial charge in [-0.15, -0.1) is 0 Å². The highest BCUT2D eigenvalue weighted by Gasteiger charge is 2.48. The fourth-order valence-corrected chi connectivity index (χ4v) is 4.64. The molecular weight excluding hydrogens is 504 g/mol. The predicted octanol–water partition coefficient (Wildman–Crippen LogP) is 5.88. The Bertz CT molecular complexity index is 1280. The molecule has 40 heavy (non-hydrogen) atoms. The Labute approximate surface area is 235 Å². The lowest BCUT2D eigenvalue weighted by atomic mass is 9.98. The molecule has 0 N–H and O–H groups in total. The number of rotatable bonds is 13. The second kappa shape index (κ2) is 14.5. The molecule has 0 bridgehead atoms. The molecule has 1 heterocycles. The van der Waals surface area contributed by atoms with Gasteiger partial charge in [-0.3, -0.25) is 0 Å². The van der Waals surface area contributed by atoms with E-state index >= 15 is 0 Å². The number of cyclic esters (lactones) is 1. The molecule has 6 heteroatoms. The third-order valence-corrected chi connectivity index (χ3v) is 6.73. The number of benzene rings is 4. The van der Waals surface area contributed by atoms with Crippen LogP contribution in [0.2, 0.25) is 0 Å². The SMILES string of the molecule is O=C1O[C@H](COCc2ccccc2)[C@@H](OCc2ccccc2)C(OCc2ccccc2)C1OCc1ccccc1. The number of carbonyl (C=O) groups is 1. The second-order valence-electron chi connectivity index (χ2n) is 9.72. The van der Waals surface area contributed by atoms with Crippen molar-refractivity contribution in [1.82, 2.24) is 0 Å². The molecule has 6 nitrogen and oxygen atoms in total. The van der Waals surface area contributed by atoms with Crippen LogP contribution in [0.25, 0.3) is 0 Å². The first-order valence-corrected chi connectivity index (χ1v) is 13.5. The van der Waals surface area contributed by atoms with Crippen LogP contribution < -0.4 is 0 Å². The molecule has 206 valence electrons. The van der Waals surface area contributed by atoms with Gasteiger partial charge < -0.3 is 23.7 Å². The number of ether oxygens (including phenoxy) is 5. The van der Waals surface area contributed by atoms with Crippen LogP contribution in [0.15, 0.2) is 121 Å². The van der Waals surface area contributed by atoms with Gasteiger partial charge in [0.15, 0.2) is 12.2 Å². The van der Waals surface area contributed by atoms with E-state index in [9.17, 15) is 4.79 Å². The molecule has 1 aliphatic heterocycles. The molecule has 1 fully saturated rings. The van der Waals surface area contributed by atoms with Crippen LogP contribution in [0.5, 0.6) is 0 Å². The highest BCUT2D eigenvalue weighted by Crippen LogP contribution is 2.28. The normalized spacial score (nSPS) is 20.6. The van der Waals surface area contributed by atoms with Crippen LogP contribution in [0.3, 0.4) is 0 Å². The van der Waals surface area contributed by atoms with E-state index in [-0.39, 0.29) is 13.2 Å². The number of hydrogen-bond acceptors (Lipinski definition) is 6. The minimum Gasteiger partial charge on any atom is -0.455 e. The summed E-state index contributed by atoms with van der Waals surface area (Å²) in [4.78, 5) is 13.4. The molecule has 0 saturated carbocycles. The van der Waals surface area contributed by atoms with Crippen molar-refractivity contribution in [3.8, 4) is 0 Å². The van der Waals surface area contributed by atoms with E-state index in [1.54, 1.807) is 0 Å². The molecule has 1 aliphatic rings. The minimum atomic E-state index is -0.963. The van der Waals surface area contributed by atoms with Gasteiger partial charge in [-0.1, -0.05) is 121 Å². The Hall–Kier alpha value is -3.81. The van der Waals surface area contributed by atoms with E-state index in [1.807, 2.05) is 121 Å². The van der Waals surface area contributed by atoms with Gasteiger partial charge in [-0.2, -0.15) is 0 Å². The zero-order valence-electron chi connectivity index (χ0n) is 22.3. The zero-order chi connectivity index (χ0) is 27.4. The lowest BCUT2D eigenvalue weighted by molar-refractivity contribution is -0.239. The monoisotopic (exact) mass is 538 g/mol. The molecule has 0 aliphatic carbocycles.